The van der Waals surface area contributed by atoms with E-state index in [0.717, 1.165) is 12.2 Å². The van der Waals surface area contributed by atoms with Crippen molar-refractivity contribution in [1.29, 1.82) is 0 Å². The Labute approximate surface area is 119 Å². The van der Waals surface area contributed by atoms with Crippen LogP contribution in [0.4, 0.5) is 0 Å². The summed E-state index contributed by atoms with van der Waals surface area (Å²) in [6.45, 7) is 4.36. The molecular weight excluding hydrogens is 254 g/mol. The first-order chi connectivity index (χ1) is 9.17. The molecule has 1 N–H and O–H groups in total. The zero-order valence-electron chi connectivity index (χ0n) is 12.0. The lowest BCUT2D eigenvalue weighted by atomic mass is 9.95. The highest BCUT2D eigenvalue weighted by Gasteiger charge is 2.18. The molecule has 0 aliphatic carbocycles. The lowest BCUT2D eigenvalue weighted by Gasteiger charge is -2.19. The average molecular weight is 275 g/mol. The van der Waals surface area contributed by atoms with E-state index in [1.54, 1.807) is 18.4 Å². The highest BCUT2D eigenvalue weighted by atomic mass is 32.1. The molecule has 2 nitrogen and oxygen atoms in total. The minimum atomic E-state index is 0.301. The molecule has 0 aliphatic rings. The lowest BCUT2D eigenvalue weighted by molar-refractivity contribution is 0.405. The van der Waals surface area contributed by atoms with Crippen LogP contribution in [0.5, 0.6) is 5.75 Å². The van der Waals surface area contributed by atoms with Crippen molar-refractivity contribution < 1.29 is 4.74 Å². The fraction of sp³-hybridized carbons (Fsp3) is 0.375. The van der Waals surface area contributed by atoms with Crippen molar-refractivity contribution in [1.82, 2.24) is 5.32 Å². The highest BCUT2D eigenvalue weighted by molar-refractivity contribution is 7.10. The van der Waals surface area contributed by atoms with E-state index in [1.165, 1.54) is 21.6 Å². The predicted octanol–water partition coefficient (Wildman–Crippen LogP) is 3.88. The van der Waals surface area contributed by atoms with E-state index in [2.05, 4.69) is 42.7 Å². The van der Waals surface area contributed by atoms with Crippen LogP contribution in [0.15, 0.2) is 29.6 Å². The standard InChI is InChI=1S/C16H21NOS/c1-11-6-5-7-12(2)13(11)10-14(17-3)16-15(18-4)8-9-19-16/h5-9,14,17H,10H2,1-4H3. The molecule has 19 heavy (non-hydrogen) atoms. The van der Waals surface area contributed by atoms with Gasteiger partial charge in [-0.2, -0.15) is 0 Å². The van der Waals surface area contributed by atoms with E-state index < -0.39 is 0 Å². The van der Waals surface area contributed by atoms with Gasteiger partial charge >= 0.3 is 0 Å². The molecule has 0 saturated heterocycles. The van der Waals surface area contributed by atoms with Gasteiger partial charge in [0.15, 0.2) is 0 Å². The number of nitrogens with one attached hydrogen (secondary N) is 1. The number of thiophene rings is 1. The summed E-state index contributed by atoms with van der Waals surface area (Å²) in [5.41, 5.74) is 4.14. The summed E-state index contributed by atoms with van der Waals surface area (Å²) in [5, 5.41) is 5.50. The van der Waals surface area contributed by atoms with Gasteiger partial charge in [0.2, 0.25) is 0 Å². The number of likely N-dealkylation sites (N-methyl/N-ethyl adjacent to an activating group) is 1. The van der Waals surface area contributed by atoms with Crippen molar-refractivity contribution in [3.05, 3.63) is 51.2 Å². The Balaban J connectivity index is 2.29. The van der Waals surface area contributed by atoms with Gasteiger partial charge in [-0.05, 0) is 55.5 Å². The molecule has 1 aromatic heterocycles. The van der Waals surface area contributed by atoms with E-state index >= 15 is 0 Å². The minimum Gasteiger partial charge on any atom is -0.496 e. The molecule has 1 heterocycles. The van der Waals surface area contributed by atoms with Crippen LogP contribution >= 0.6 is 11.3 Å². The Kier molecular flexibility index (Phi) is 4.61. The Morgan fingerprint density at radius 2 is 1.89 bits per heavy atom. The number of methoxy groups -OCH3 is 1. The molecule has 2 rings (SSSR count). The van der Waals surface area contributed by atoms with Gasteiger partial charge in [-0.15, -0.1) is 11.3 Å². The summed E-state index contributed by atoms with van der Waals surface area (Å²) in [7, 11) is 3.74. The molecule has 0 radical (unpaired) electrons. The van der Waals surface area contributed by atoms with Crippen LogP contribution in [-0.4, -0.2) is 14.2 Å². The first-order valence-electron chi connectivity index (χ1n) is 6.51. The van der Waals surface area contributed by atoms with Crippen LogP contribution in [0, 0.1) is 13.8 Å². The molecule has 0 spiro atoms. The van der Waals surface area contributed by atoms with Gasteiger partial charge in [0.1, 0.15) is 5.75 Å². The maximum Gasteiger partial charge on any atom is 0.134 e. The Morgan fingerprint density at radius 3 is 2.47 bits per heavy atom. The van der Waals surface area contributed by atoms with E-state index in [-0.39, 0.29) is 0 Å². The summed E-state index contributed by atoms with van der Waals surface area (Å²) >= 11 is 1.75. The van der Waals surface area contributed by atoms with Gasteiger partial charge in [0.25, 0.3) is 0 Å². The summed E-state index contributed by atoms with van der Waals surface area (Å²) in [6, 6.07) is 8.82. The van der Waals surface area contributed by atoms with E-state index in [9.17, 15) is 0 Å². The summed E-state index contributed by atoms with van der Waals surface area (Å²) < 4.78 is 5.44. The van der Waals surface area contributed by atoms with E-state index in [4.69, 9.17) is 4.74 Å². The van der Waals surface area contributed by atoms with E-state index in [0.29, 0.717) is 6.04 Å². The monoisotopic (exact) mass is 275 g/mol. The minimum absolute atomic E-state index is 0.301. The van der Waals surface area contributed by atoms with E-state index in [1.807, 2.05) is 13.1 Å². The van der Waals surface area contributed by atoms with Crippen LogP contribution in [0.1, 0.15) is 27.6 Å². The summed E-state index contributed by atoms with van der Waals surface area (Å²) in [4.78, 5) is 1.27. The second-order valence-corrected chi connectivity index (χ2v) is 5.72. The van der Waals surface area contributed by atoms with Crippen molar-refractivity contribution in [2.75, 3.05) is 14.2 Å². The normalized spacial score (nSPS) is 12.4. The number of rotatable bonds is 5. The molecular formula is C16H21NOS. The fourth-order valence-electron chi connectivity index (χ4n) is 2.43. The van der Waals surface area contributed by atoms with Crippen molar-refractivity contribution in [2.45, 2.75) is 26.3 Å². The molecule has 0 amide bonds. The Bertz CT molecular complexity index is 527. The predicted molar refractivity (Wildman–Crippen MR) is 82.3 cm³/mol. The third kappa shape index (κ3) is 2.99. The van der Waals surface area contributed by atoms with Crippen molar-refractivity contribution in [2.24, 2.45) is 0 Å². The third-order valence-corrected chi connectivity index (χ3v) is 4.61. The van der Waals surface area contributed by atoms with Crippen LogP contribution in [0.2, 0.25) is 0 Å². The van der Waals surface area contributed by atoms with Gasteiger partial charge in [-0.3, -0.25) is 0 Å². The second-order valence-electron chi connectivity index (χ2n) is 4.77. The molecule has 2 aromatic rings. The lowest BCUT2D eigenvalue weighted by Crippen LogP contribution is -2.19. The number of hydrogen-bond donors (Lipinski definition) is 1. The van der Waals surface area contributed by atoms with Gasteiger partial charge in [-0.1, -0.05) is 18.2 Å². The topological polar surface area (TPSA) is 21.3 Å². The van der Waals surface area contributed by atoms with Gasteiger partial charge in [0.05, 0.1) is 12.0 Å². The number of benzene rings is 1. The maximum atomic E-state index is 5.44. The SMILES string of the molecule is CNC(Cc1c(C)cccc1C)c1sccc1OC. The van der Waals surface area contributed by atoms with Crippen LogP contribution < -0.4 is 10.1 Å². The third-order valence-electron chi connectivity index (χ3n) is 3.59. The first kappa shape index (κ1) is 14.1. The highest BCUT2D eigenvalue weighted by Crippen LogP contribution is 2.33. The average Bonchev–Trinajstić information content (AvgIpc) is 2.87. The van der Waals surface area contributed by atoms with Crippen molar-refractivity contribution in [3.63, 3.8) is 0 Å². The molecule has 1 aromatic carbocycles. The maximum absolute atomic E-state index is 5.44. The Hall–Kier alpha value is -1.32. The summed E-state index contributed by atoms with van der Waals surface area (Å²) in [6.07, 6.45) is 0.992. The van der Waals surface area contributed by atoms with Gasteiger partial charge < -0.3 is 10.1 Å². The molecule has 3 heteroatoms. The fourth-order valence-corrected chi connectivity index (χ4v) is 3.40. The number of ether oxygens (including phenoxy) is 1. The largest absolute Gasteiger partial charge is 0.496 e. The molecule has 1 unspecified atom stereocenters. The summed E-state index contributed by atoms with van der Waals surface area (Å²) in [5.74, 6) is 0.982. The van der Waals surface area contributed by atoms with Crippen molar-refractivity contribution in [3.8, 4) is 5.75 Å². The quantitative estimate of drug-likeness (QED) is 0.894. The molecule has 0 bridgehead atoms. The number of aryl methyl sites for hydroxylation is 2. The first-order valence-corrected chi connectivity index (χ1v) is 7.39. The molecule has 1 atom stereocenters. The van der Waals surface area contributed by atoms with Crippen LogP contribution in [0.3, 0.4) is 0 Å². The zero-order valence-corrected chi connectivity index (χ0v) is 12.8. The molecule has 0 saturated carbocycles. The molecule has 0 fully saturated rings. The van der Waals surface area contributed by atoms with Crippen LogP contribution in [-0.2, 0) is 6.42 Å². The second kappa shape index (κ2) is 6.22. The van der Waals surface area contributed by atoms with Crippen molar-refractivity contribution >= 4 is 11.3 Å². The molecule has 0 aliphatic heterocycles. The smallest absolute Gasteiger partial charge is 0.134 e. The molecule has 102 valence electrons. The van der Waals surface area contributed by atoms with Gasteiger partial charge in [-0.25, -0.2) is 0 Å². The number of hydrogen-bond acceptors (Lipinski definition) is 3. The Morgan fingerprint density at radius 1 is 1.21 bits per heavy atom. The zero-order chi connectivity index (χ0) is 13.8. The van der Waals surface area contributed by atoms with Gasteiger partial charge in [0, 0.05) is 6.04 Å². The van der Waals surface area contributed by atoms with Crippen LogP contribution in [0.25, 0.3) is 0 Å².